The van der Waals surface area contributed by atoms with Crippen LogP contribution in [0.15, 0.2) is 16.6 Å². The number of aryl methyl sites for hydroxylation is 1. The summed E-state index contributed by atoms with van der Waals surface area (Å²) in [5.74, 6) is -4.68. The van der Waals surface area contributed by atoms with Crippen molar-refractivity contribution in [2.45, 2.75) is 12.8 Å². The highest BCUT2D eigenvalue weighted by Crippen LogP contribution is 2.44. The van der Waals surface area contributed by atoms with E-state index in [1.807, 2.05) is 0 Å². The van der Waals surface area contributed by atoms with Crippen LogP contribution in [0.4, 0.5) is 14.5 Å². The lowest BCUT2D eigenvalue weighted by Gasteiger charge is -2.07. The molecule has 74 valence electrons. The molecule has 1 amide bonds. The second-order valence-electron chi connectivity index (χ2n) is 3.20. The summed E-state index contributed by atoms with van der Waals surface area (Å²) in [5.41, 5.74) is 0.603. The second-order valence-corrected chi connectivity index (χ2v) is 4.05. The lowest BCUT2D eigenvalue weighted by Crippen LogP contribution is -2.23. The summed E-state index contributed by atoms with van der Waals surface area (Å²) in [5, 5.41) is 2.15. The van der Waals surface area contributed by atoms with E-state index in [0.29, 0.717) is 10.0 Å². The molecule has 2 nitrogen and oxygen atoms in total. The lowest BCUT2D eigenvalue weighted by atomic mass is 10.1. The Kier molecular flexibility index (Phi) is 1.89. The quantitative estimate of drug-likeness (QED) is 0.765. The summed E-state index contributed by atoms with van der Waals surface area (Å²) in [7, 11) is 0. The molecule has 0 saturated carbocycles. The third-order valence-electron chi connectivity index (χ3n) is 2.10. The van der Waals surface area contributed by atoms with Crippen LogP contribution in [0.3, 0.4) is 0 Å². The molecule has 1 heterocycles. The third kappa shape index (κ3) is 1.15. The van der Waals surface area contributed by atoms with Crippen molar-refractivity contribution in [2.24, 2.45) is 0 Å². The van der Waals surface area contributed by atoms with Crippen LogP contribution in [0.5, 0.6) is 0 Å². The number of nitrogens with one attached hydrogen (secondary N) is 1. The number of fused-ring (bicyclic) bond motifs is 1. The van der Waals surface area contributed by atoms with Crippen molar-refractivity contribution in [2.75, 3.05) is 5.32 Å². The summed E-state index contributed by atoms with van der Waals surface area (Å²) >= 11 is 3.13. The monoisotopic (exact) mass is 261 g/mol. The van der Waals surface area contributed by atoms with E-state index >= 15 is 0 Å². The molecule has 1 aliphatic heterocycles. The van der Waals surface area contributed by atoms with Gasteiger partial charge in [-0.3, -0.25) is 4.79 Å². The maximum Gasteiger partial charge on any atom is 0.352 e. The number of alkyl halides is 2. The first-order valence-electron chi connectivity index (χ1n) is 3.93. The minimum atomic E-state index is -3.41. The fourth-order valence-corrected chi connectivity index (χ4v) is 2.11. The van der Waals surface area contributed by atoms with Crippen LogP contribution in [-0.2, 0) is 10.7 Å². The second kappa shape index (κ2) is 2.76. The molecule has 1 aromatic rings. The molecule has 1 aliphatic rings. The molecule has 5 heteroatoms. The smallest absolute Gasteiger partial charge is 0.319 e. The van der Waals surface area contributed by atoms with Gasteiger partial charge in [-0.05, 0) is 40.5 Å². The molecular formula is C9H6BrF2NO. The van der Waals surface area contributed by atoms with Crippen molar-refractivity contribution in [1.82, 2.24) is 0 Å². The lowest BCUT2D eigenvalue weighted by molar-refractivity contribution is -0.139. The summed E-state index contributed by atoms with van der Waals surface area (Å²) in [6.07, 6.45) is 0. The number of halogens is 3. The van der Waals surface area contributed by atoms with Gasteiger partial charge in [-0.2, -0.15) is 8.78 Å². The van der Waals surface area contributed by atoms with Gasteiger partial charge < -0.3 is 5.32 Å². The van der Waals surface area contributed by atoms with E-state index in [1.54, 1.807) is 13.0 Å². The molecule has 0 fully saturated rings. The van der Waals surface area contributed by atoms with E-state index in [1.165, 1.54) is 6.07 Å². The first kappa shape index (κ1) is 9.58. The molecule has 0 unspecified atom stereocenters. The van der Waals surface area contributed by atoms with Crippen molar-refractivity contribution in [3.8, 4) is 0 Å². The van der Waals surface area contributed by atoms with Crippen LogP contribution in [-0.4, -0.2) is 5.91 Å². The summed E-state index contributed by atoms with van der Waals surface area (Å²) in [4.78, 5) is 10.9. The Morgan fingerprint density at radius 1 is 1.43 bits per heavy atom. The van der Waals surface area contributed by atoms with E-state index in [2.05, 4.69) is 21.2 Å². The van der Waals surface area contributed by atoms with Gasteiger partial charge in [0.15, 0.2) is 0 Å². The molecule has 0 aromatic heterocycles. The fourth-order valence-electron chi connectivity index (χ4n) is 1.43. The van der Waals surface area contributed by atoms with E-state index in [9.17, 15) is 13.6 Å². The number of amides is 1. The SMILES string of the molecule is Cc1cc(Br)c2c(c1)C(F)(F)C(=O)N2. The number of carbonyl (C=O) groups is 1. The Hall–Kier alpha value is -0.970. The molecule has 2 rings (SSSR count). The molecule has 0 radical (unpaired) electrons. The predicted octanol–water partition coefficient (Wildman–Crippen LogP) is 2.80. The summed E-state index contributed by atoms with van der Waals surface area (Å²) < 4.78 is 27.0. The molecule has 0 saturated heterocycles. The zero-order valence-corrected chi connectivity index (χ0v) is 8.78. The zero-order chi connectivity index (χ0) is 10.5. The van der Waals surface area contributed by atoms with Crippen LogP contribution >= 0.6 is 15.9 Å². The minimum Gasteiger partial charge on any atom is -0.319 e. The maximum atomic E-state index is 13.3. The van der Waals surface area contributed by atoms with Gasteiger partial charge in [0.1, 0.15) is 0 Å². The Balaban J connectivity index is 2.71. The van der Waals surface area contributed by atoms with Crippen LogP contribution in [0.2, 0.25) is 0 Å². The number of rotatable bonds is 0. The average molecular weight is 262 g/mol. The van der Waals surface area contributed by atoms with Crippen LogP contribution in [0.25, 0.3) is 0 Å². The molecular weight excluding hydrogens is 256 g/mol. The van der Waals surface area contributed by atoms with Crippen molar-refractivity contribution in [3.63, 3.8) is 0 Å². The standard InChI is InChI=1S/C9H6BrF2NO/c1-4-2-5-7(6(10)3-4)13-8(14)9(5,11)12/h2-3H,1H3,(H,13,14). The molecule has 0 atom stereocenters. The van der Waals surface area contributed by atoms with Gasteiger partial charge in [-0.1, -0.05) is 0 Å². The van der Waals surface area contributed by atoms with Gasteiger partial charge >= 0.3 is 5.92 Å². The topological polar surface area (TPSA) is 29.1 Å². The van der Waals surface area contributed by atoms with Gasteiger partial charge in [0.25, 0.3) is 5.91 Å². The van der Waals surface area contributed by atoms with Gasteiger partial charge in [-0.25, -0.2) is 0 Å². The number of benzene rings is 1. The highest BCUT2D eigenvalue weighted by molar-refractivity contribution is 9.10. The molecule has 1 N–H and O–H groups in total. The Bertz CT molecular complexity index is 431. The fraction of sp³-hybridized carbons (Fsp3) is 0.222. The highest BCUT2D eigenvalue weighted by atomic mass is 79.9. The Labute approximate surface area is 87.4 Å². The largest absolute Gasteiger partial charge is 0.352 e. The highest BCUT2D eigenvalue weighted by Gasteiger charge is 2.49. The zero-order valence-electron chi connectivity index (χ0n) is 7.20. The molecule has 0 spiro atoms. The third-order valence-corrected chi connectivity index (χ3v) is 2.72. The number of anilines is 1. The van der Waals surface area contributed by atoms with Crippen LogP contribution < -0.4 is 5.32 Å². The molecule has 14 heavy (non-hydrogen) atoms. The van der Waals surface area contributed by atoms with Crippen molar-refractivity contribution < 1.29 is 13.6 Å². The van der Waals surface area contributed by atoms with Crippen molar-refractivity contribution in [3.05, 3.63) is 27.7 Å². The Morgan fingerprint density at radius 3 is 2.71 bits per heavy atom. The predicted molar refractivity (Wildman–Crippen MR) is 51.4 cm³/mol. The normalized spacial score (nSPS) is 17.9. The molecule has 1 aromatic carbocycles. The molecule has 0 bridgehead atoms. The van der Waals surface area contributed by atoms with E-state index < -0.39 is 11.8 Å². The minimum absolute atomic E-state index is 0.172. The summed E-state index contributed by atoms with van der Waals surface area (Å²) in [6, 6.07) is 3.00. The number of hydrogen-bond acceptors (Lipinski definition) is 1. The number of carbonyl (C=O) groups excluding carboxylic acids is 1. The van der Waals surface area contributed by atoms with Gasteiger partial charge in [0, 0.05) is 4.47 Å². The first-order chi connectivity index (χ1) is 6.43. The first-order valence-corrected chi connectivity index (χ1v) is 4.72. The van der Waals surface area contributed by atoms with E-state index in [0.717, 1.165) is 0 Å². The summed E-state index contributed by atoms with van der Waals surface area (Å²) in [6.45, 7) is 1.70. The van der Waals surface area contributed by atoms with E-state index in [4.69, 9.17) is 0 Å². The van der Waals surface area contributed by atoms with Gasteiger partial charge in [0.2, 0.25) is 0 Å². The van der Waals surface area contributed by atoms with Crippen molar-refractivity contribution >= 4 is 27.5 Å². The maximum absolute atomic E-state index is 13.3. The number of hydrogen-bond donors (Lipinski definition) is 1. The van der Waals surface area contributed by atoms with Gasteiger partial charge in [-0.15, -0.1) is 0 Å². The van der Waals surface area contributed by atoms with Crippen LogP contribution in [0, 0.1) is 6.92 Å². The Morgan fingerprint density at radius 2 is 2.07 bits per heavy atom. The molecule has 0 aliphatic carbocycles. The van der Waals surface area contributed by atoms with Crippen molar-refractivity contribution in [1.29, 1.82) is 0 Å². The van der Waals surface area contributed by atoms with E-state index in [-0.39, 0.29) is 11.3 Å². The van der Waals surface area contributed by atoms with Gasteiger partial charge in [0.05, 0.1) is 11.3 Å². The van der Waals surface area contributed by atoms with Crippen LogP contribution in [0.1, 0.15) is 11.1 Å². The average Bonchev–Trinajstić information content (AvgIpc) is 2.28.